The molecule has 0 aromatic heterocycles. The van der Waals surface area contributed by atoms with Gasteiger partial charge in [0.05, 0.1) is 12.7 Å². The quantitative estimate of drug-likeness (QED) is 0.613. The monoisotopic (exact) mass is 252 g/mol. The van der Waals surface area contributed by atoms with Crippen molar-refractivity contribution < 1.29 is 14.3 Å². The van der Waals surface area contributed by atoms with Gasteiger partial charge in [-0.25, -0.2) is 0 Å². The van der Waals surface area contributed by atoms with Crippen LogP contribution in [0.3, 0.4) is 0 Å². The van der Waals surface area contributed by atoms with Crippen LogP contribution < -0.4 is 9.47 Å². The first-order valence-corrected chi connectivity index (χ1v) is 5.64. The van der Waals surface area contributed by atoms with Gasteiger partial charge in [0.1, 0.15) is 17.6 Å². The van der Waals surface area contributed by atoms with Gasteiger partial charge in [-0.05, 0) is 36.2 Å². The van der Waals surface area contributed by atoms with Crippen LogP contribution in [-0.2, 0) is 6.42 Å². The summed E-state index contributed by atoms with van der Waals surface area (Å²) < 4.78 is 11.0. The number of benzene rings is 1. The largest absolute Gasteiger partial charge is 0.496 e. The molecule has 0 radical (unpaired) electrons. The summed E-state index contributed by atoms with van der Waals surface area (Å²) in [6.45, 7) is 5.79. The van der Waals surface area contributed by atoms with Crippen molar-refractivity contribution in [3.63, 3.8) is 0 Å². The topological polar surface area (TPSA) is 35.5 Å². The van der Waals surface area contributed by atoms with Crippen LogP contribution in [0, 0.1) is 0 Å². The second-order valence-electron chi connectivity index (χ2n) is 4.05. The van der Waals surface area contributed by atoms with Crippen LogP contribution in [0.15, 0.2) is 24.3 Å². The Morgan fingerprint density at radius 1 is 1.59 bits per heavy atom. The molecule has 3 nitrogen and oxygen atoms in total. The average Bonchev–Trinajstić information content (AvgIpc) is 2.70. The van der Waals surface area contributed by atoms with Gasteiger partial charge < -0.3 is 9.47 Å². The number of carbonyl (C=O) groups excluding carboxylic acids is 1. The van der Waals surface area contributed by atoms with Crippen molar-refractivity contribution in [3.8, 4) is 11.5 Å². The molecule has 0 N–H and O–H groups in total. The molecule has 1 aliphatic heterocycles. The third kappa shape index (κ3) is 2.03. The molecule has 90 valence electrons. The standard InChI is InChI=1S/C13H13ClO3/c1-7(2)11-6-9-10(17-11)5-4-8(13(14)15)12(9)16-3/h4-5,11H,1,6H2,2-3H3/t11-/m1/s1. The van der Waals surface area contributed by atoms with E-state index in [1.807, 2.05) is 6.92 Å². The van der Waals surface area contributed by atoms with E-state index >= 15 is 0 Å². The molecule has 1 aromatic carbocycles. The fourth-order valence-electron chi connectivity index (χ4n) is 1.96. The summed E-state index contributed by atoms with van der Waals surface area (Å²) in [6, 6.07) is 3.37. The molecule has 0 amide bonds. The zero-order valence-corrected chi connectivity index (χ0v) is 10.5. The SMILES string of the molecule is C=C(C)[C@H]1Cc2c(ccc(C(=O)Cl)c2OC)O1. The molecule has 0 aliphatic carbocycles. The van der Waals surface area contributed by atoms with Crippen LogP contribution in [0.4, 0.5) is 0 Å². The number of halogens is 1. The van der Waals surface area contributed by atoms with E-state index in [1.165, 1.54) is 7.11 Å². The normalized spacial score (nSPS) is 17.2. The van der Waals surface area contributed by atoms with Crippen molar-refractivity contribution in [2.24, 2.45) is 0 Å². The predicted molar refractivity (Wildman–Crippen MR) is 66.1 cm³/mol. The fraction of sp³-hybridized carbons (Fsp3) is 0.308. The van der Waals surface area contributed by atoms with Gasteiger partial charge in [0.15, 0.2) is 0 Å². The average molecular weight is 253 g/mol. The highest BCUT2D eigenvalue weighted by atomic mass is 35.5. The smallest absolute Gasteiger partial charge is 0.256 e. The van der Waals surface area contributed by atoms with Crippen LogP contribution in [0.2, 0.25) is 0 Å². The van der Waals surface area contributed by atoms with Gasteiger partial charge >= 0.3 is 0 Å². The van der Waals surface area contributed by atoms with Gasteiger partial charge in [0.25, 0.3) is 5.24 Å². The molecule has 0 saturated carbocycles. The Hall–Kier alpha value is -1.48. The van der Waals surface area contributed by atoms with E-state index in [2.05, 4.69) is 6.58 Å². The molecule has 1 aliphatic rings. The molecular formula is C13H13ClO3. The maximum Gasteiger partial charge on any atom is 0.256 e. The Labute approximate surface area is 105 Å². The third-order valence-corrected chi connectivity index (χ3v) is 3.05. The Morgan fingerprint density at radius 3 is 2.82 bits per heavy atom. The zero-order chi connectivity index (χ0) is 12.6. The Kier molecular flexibility index (Phi) is 3.11. The van der Waals surface area contributed by atoms with Gasteiger partial charge in [-0.2, -0.15) is 0 Å². The van der Waals surface area contributed by atoms with Crippen LogP contribution in [0.1, 0.15) is 22.8 Å². The first-order valence-electron chi connectivity index (χ1n) is 5.26. The number of hydrogen-bond donors (Lipinski definition) is 0. The van der Waals surface area contributed by atoms with Crippen molar-refractivity contribution in [3.05, 3.63) is 35.4 Å². The van der Waals surface area contributed by atoms with Gasteiger partial charge in [-0.3, -0.25) is 4.79 Å². The van der Waals surface area contributed by atoms with Gasteiger partial charge in [-0.1, -0.05) is 6.58 Å². The minimum atomic E-state index is -0.525. The van der Waals surface area contributed by atoms with E-state index in [1.54, 1.807) is 12.1 Å². The van der Waals surface area contributed by atoms with Gasteiger partial charge in [0.2, 0.25) is 0 Å². The summed E-state index contributed by atoms with van der Waals surface area (Å²) in [5.74, 6) is 1.24. The molecule has 17 heavy (non-hydrogen) atoms. The minimum absolute atomic E-state index is 0.0559. The van der Waals surface area contributed by atoms with Crippen molar-refractivity contribution in [2.45, 2.75) is 19.4 Å². The summed E-state index contributed by atoms with van der Waals surface area (Å²) in [6.07, 6.45) is 0.603. The lowest BCUT2D eigenvalue weighted by Gasteiger charge is -2.09. The molecule has 0 unspecified atom stereocenters. The lowest BCUT2D eigenvalue weighted by atomic mass is 10.0. The predicted octanol–water partition coefficient (Wildman–Crippen LogP) is 2.95. The molecular weight excluding hydrogens is 240 g/mol. The summed E-state index contributed by atoms with van der Waals surface area (Å²) in [4.78, 5) is 11.3. The van der Waals surface area contributed by atoms with E-state index in [0.29, 0.717) is 17.7 Å². The molecule has 1 heterocycles. The Morgan fingerprint density at radius 2 is 2.29 bits per heavy atom. The lowest BCUT2D eigenvalue weighted by molar-refractivity contribution is 0.107. The molecule has 1 atom stereocenters. The maximum absolute atomic E-state index is 11.3. The van der Waals surface area contributed by atoms with Crippen LogP contribution >= 0.6 is 11.6 Å². The van der Waals surface area contributed by atoms with Crippen molar-refractivity contribution >= 4 is 16.8 Å². The van der Waals surface area contributed by atoms with E-state index in [9.17, 15) is 4.79 Å². The molecule has 0 saturated heterocycles. The molecule has 0 spiro atoms. The highest BCUT2D eigenvalue weighted by Crippen LogP contribution is 2.40. The Bertz CT molecular complexity index is 494. The van der Waals surface area contributed by atoms with E-state index in [0.717, 1.165) is 16.9 Å². The minimum Gasteiger partial charge on any atom is -0.496 e. The van der Waals surface area contributed by atoms with Crippen molar-refractivity contribution in [1.29, 1.82) is 0 Å². The maximum atomic E-state index is 11.3. The first kappa shape index (κ1) is 12.0. The zero-order valence-electron chi connectivity index (χ0n) is 9.75. The second-order valence-corrected chi connectivity index (χ2v) is 4.40. The number of hydrogen-bond acceptors (Lipinski definition) is 3. The number of rotatable bonds is 3. The van der Waals surface area contributed by atoms with Crippen molar-refractivity contribution in [1.82, 2.24) is 0 Å². The molecule has 1 aromatic rings. The highest BCUT2D eigenvalue weighted by Gasteiger charge is 2.29. The third-order valence-electron chi connectivity index (χ3n) is 2.84. The summed E-state index contributed by atoms with van der Waals surface area (Å²) >= 11 is 5.51. The van der Waals surface area contributed by atoms with Crippen molar-refractivity contribution in [2.75, 3.05) is 7.11 Å². The number of ether oxygens (including phenoxy) is 2. The van der Waals surface area contributed by atoms with E-state index < -0.39 is 5.24 Å². The van der Waals surface area contributed by atoms with Gasteiger partial charge in [0, 0.05) is 12.0 Å². The summed E-state index contributed by atoms with van der Waals surface area (Å²) in [5, 5.41) is -0.525. The Balaban J connectivity index is 2.48. The van der Waals surface area contributed by atoms with Crippen LogP contribution in [0.5, 0.6) is 11.5 Å². The van der Waals surface area contributed by atoms with Gasteiger partial charge in [-0.15, -0.1) is 0 Å². The van der Waals surface area contributed by atoms with E-state index in [-0.39, 0.29) is 6.10 Å². The highest BCUT2D eigenvalue weighted by molar-refractivity contribution is 6.68. The number of carbonyl (C=O) groups is 1. The second kappa shape index (κ2) is 4.41. The molecule has 0 bridgehead atoms. The first-order chi connectivity index (χ1) is 8.04. The van der Waals surface area contributed by atoms with E-state index in [4.69, 9.17) is 21.1 Å². The van der Waals surface area contributed by atoms with Crippen LogP contribution in [-0.4, -0.2) is 18.5 Å². The molecule has 4 heteroatoms. The number of methoxy groups -OCH3 is 1. The lowest BCUT2D eigenvalue weighted by Crippen LogP contribution is -2.13. The number of fused-ring (bicyclic) bond motifs is 1. The summed E-state index contributed by atoms with van der Waals surface area (Å²) in [7, 11) is 1.52. The molecule has 0 fully saturated rings. The summed E-state index contributed by atoms with van der Waals surface area (Å²) in [5.41, 5.74) is 2.20. The molecule has 2 rings (SSSR count). The van der Waals surface area contributed by atoms with Crippen LogP contribution in [0.25, 0.3) is 0 Å². The fourth-order valence-corrected chi connectivity index (χ4v) is 2.11.